The molecule has 1 atom stereocenters. The molecule has 7 heteroatoms. The molecule has 0 aliphatic rings. The molecule has 1 aromatic heterocycles. The summed E-state index contributed by atoms with van der Waals surface area (Å²) < 4.78 is 0. The summed E-state index contributed by atoms with van der Waals surface area (Å²) in [6, 6.07) is 9.68. The number of aromatic nitrogens is 1. The Hall–Kier alpha value is -1.14. The van der Waals surface area contributed by atoms with Gasteiger partial charge in [0.2, 0.25) is 5.91 Å². The lowest BCUT2D eigenvalue weighted by Crippen LogP contribution is -2.34. The van der Waals surface area contributed by atoms with Gasteiger partial charge in [-0.15, -0.1) is 36.2 Å². The summed E-state index contributed by atoms with van der Waals surface area (Å²) in [5.74, 6) is -0.236. The van der Waals surface area contributed by atoms with E-state index in [0.29, 0.717) is 13.1 Å². The van der Waals surface area contributed by atoms with E-state index in [-0.39, 0.29) is 36.6 Å². The molecular weight excluding hydrogens is 341 g/mol. The van der Waals surface area contributed by atoms with Crippen molar-refractivity contribution in [2.24, 2.45) is 5.73 Å². The fourth-order valence-corrected chi connectivity index (χ4v) is 2.97. The van der Waals surface area contributed by atoms with Crippen LogP contribution in [-0.4, -0.2) is 29.4 Å². The average molecular weight is 362 g/mol. The number of hydrogen-bond donors (Lipinski definition) is 1. The van der Waals surface area contributed by atoms with Gasteiger partial charge in [-0.05, 0) is 12.5 Å². The minimum absolute atomic E-state index is 0. The molecule has 22 heavy (non-hydrogen) atoms. The second-order valence-electron chi connectivity index (χ2n) is 4.74. The highest BCUT2D eigenvalue weighted by molar-refractivity contribution is 7.11. The molecule has 0 fully saturated rings. The lowest BCUT2D eigenvalue weighted by molar-refractivity contribution is -0.131. The molecular formula is C15H21Cl2N3OS. The first kappa shape index (κ1) is 20.9. The van der Waals surface area contributed by atoms with Crippen molar-refractivity contribution in [2.45, 2.75) is 19.4 Å². The van der Waals surface area contributed by atoms with Crippen molar-refractivity contribution >= 4 is 42.1 Å². The van der Waals surface area contributed by atoms with E-state index in [1.807, 2.05) is 50.5 Å². The topological polar surface area (TPSA) is 59.2 Å². The van der Waals surface area contributed by atoms with Crippen LogP contribution in [0.2, 0.25) is 0 Å². The third kappa shape index (κ3) is 5.25. The number of thiazole rings is 1. The third-order valence-electron chi connectivity index (χ3n) is 3.17. The molecule has 0 saturated carbocycles. The Morgan fingerprint density at radius 3 is 2.45 bits per heavy atom. The highest BCUT2D eigenvalue weighted by atomic mass is 35.5. The Kier molecular flexibility index (Phi) is 9.28. The van der Waals surface area contributed by atoms with Gasteiger partial charge in [-0.1, -0.05) is 30.3 Å². The number of aryl methyl sites for hydroxylation is 1. The lowest BCUT2D eigenvalue weighted by Gasteiger charge is -2.22. The van der Waals surface area contributed by atoms with Gasteiger partial charge in [0, 0.05) is 24.7 Å². The predicted molar refractivity (Wildman–Crippen MR) is 96.1 cm³/mol. The summed E-state index contributed by atoms with van der Waals surface area (Å²) in [5.41, 5.74) is 6.75. The Balaban J connectivity index is 0.00000220. The van der Waals surface area contributed by atoms with Crippen molar-refractivity contribution in [3.8, 4) is 0 Å². The Morgan fingerprint density at radius 1 is 1.32 bits per heavy atom. The molecule has 0 aliphatic carbocycles. The maximum Gasteiger partial charge on any atom is 0.231 e. The number of likely N-dealkylation sites (N-methyl/N-ethyl adjacent to an activating group) is 1. The van der Waals surface area contributed by atoms with Gasteiger partial charge >= 0.3 is 0 Å². The van der Waals surface area contributed by atoms with E-state index in [1.54, 1.807) is 16.2 Å². The quantitative estimate of drug-likeness (QED) is 0.890. The van der Waals surface area contributed by atoms with E-state index >= 15 is 0 Å². The standard InChI is InChI=1S/C15H19N3OS.2ClH/c1-11-17-9-13(20-11)10-18(2)15(19)14(8-16)12-6-4-3-5-7-12;;/h3-7,9,14H,8,10,16H2,1-2H3;2*1H. The molecule has 1 heterocycles. The SMILES string of the molecule is Cc1ncc(CN(C)C(=O)C(CN)c2ccccc2)s1.Cl.Cl. The number of hydrogen-bond acceptors (Lipinski definition) is 4. The number of rotatable bonds is 5. The highest BCUT2D eigenvalue weighted by Crippen LogP contribution is 2.19. The van der Waals surface area contributed by atoms with Gasteiger partial charge in [-0.2, -0.15) is 0 Å². The van der Waals surface area contributed by atoms with Crippen LogP contribution in [0.4, 0.5) is 0 Å². The predicted octanol–water partition coefficient (Wildman–Crippen LogP) is 3.00. The normalized spacial score (nSPS) is 11.0. The minimum atomic E-state index is -0.282. The number of carbonyl (C=O) groups is 1. The zero-order valence-corrected chi connectivity index (χ0v) is 15.0. The number of carbonyl (C=O) groups excluding carboxylic acids is 1. The molecule has 0 saturated heterocycles. The van der Waals surface area contributed by atoms with Gasteiger partial charge in [-0.3, -0.25) is 4.79 Å². The van der Waals surface area contributed by atoms with Crippen molar-refractivity contribution in [3.63, 3.8) is 0 Å². The van der Waals surface area contributed by atoms with Crippen LogP contribution in [0.25, 0.3) is 0 Å². The van der Waals surface area contributed by atoms with Crippen LogP contribution in [0, 0.1) is 6.92 Å². The largest absolute Gasteiger partial charge is 0.340 e. The van der Waals surface area contributed by atoms with Crippen molar-refractivity contribution in [1.82, 2.24) is 9.88 Å². The second-order valence-corrected chi connectivity index (χ2v) is 6.06. The number of nitrogens with two attached hydrogens (primary N) is 1. The highest BCUT2D eigenvalue weighted by Gasteiger charge is 2.22. The molecule has 2 N–H and O–H groups in total. The van der Waals surface area contributed by atoms with E-state index in [9.17, 15) is 4.79 Å². The Morgan fingerprint density at radius 2 is 1.95 bits per heavy atom. The van der Waals surface area contributed by atoms with E-state index in [4.69, 9.17) is 5.73 Å². The number of nitrogens with zero attached hydrogens (tertiary/aromatic N) is 2. The summed E-state index contributed by atoms with van der Waals surface area (Å²) in [7, 11) is 1.81. The Labute approximate surface area is 147 Å². The second kappa shape index (κ2) is 9.79. The Bertz CT molecular complexity index is 577. The van der Waals surface area contributed by atoms with Crippen LogP contribution < -0.4 is 5.73 Å². The van der Waals surface area contributed by atoms with Crippen molar-refractivity contribution < 1.29 is 4.79 Å². The van der Waals surface area contributed by atoms with Crippen molar-refractivity contribution in [3.05, 3.63) is 52.0 Å². The summed E-state index contributed by atoms with van der Waals surface area (Å²) in [6.45, 7) is 2.85. The van der Waals surface area contributed by atoms with Gasteiger partial charge in [0.15, 0.2) is 0 Å². The van der Waals surface area contributed by atoms with Crippen LogP contribution in [0.1, 0.15) is 21.4 Å². The summed E-state index contributed by atoms with van der Waals surface area (Å²) in [6.07, 6.45) is 1.82. The fourth-order valence-electron chi connectivity index (χ4n) is 2.12. The zero-order chi connectivity index (χ0) is 14.5. The summed E-state index contributed by atoms with van der Waals surface area (Å²) >= 11 is 1.61. The zero-order valence-electron chi connectivity index (χ0n) is 12.6. The molecule has 2 rings (SSSR count). The van der Waals surface area contributed by atoms with E-state index in [1.165, 1.54) is 0 Å². The summed E-state index contributed by atoms with van der Waals surface area (Å²) in [5, 5.41) is 1.01. The molecule has 1 unspecified atom stereocenters. The number of halogens is 2. The van der Waals surface area contributed by atoms with Crippen molar-refractivity contribution in [2.75, 3.05) is 13.6 Å². The van der Waals surface area contributed by atoms with Crippen LogP contribution in [0.3, 0.4) is 0 Å². The van der Waals surface area contributed by atoms with E-state index in [2.05, 4.69) is 4.98 Å². The van der Waals surface area contributed by atoms with Crippen molar-refractivity contribution in [1.29, 1.82) is 0 Å². The smallest absolute Gasteiger partial charge is 0.231 e. The van der Waals surface area contributed by atoms with E-state index < -0.39 is 0 Å². The summed E-state index contributed by atoms with van der Waals surface area (Å²) in [4.78, 5) is 19.5. The molecule has 0 aliphatic heterocycles. The third-order valence-corrected chi connectivity index (χ3v) is 4.07. The van der Waals surface area contributed by atoms with Gasteiger partial charge < -0.3 is 10.6 Å². The molecule has 1 aromatic carbocycles. The molecule has 4 nitrogen and oxygen atoms in total. The molecule has 0 radical (unpaired) electrons. The number of benzene rings is 1. The molecule has 0 bridgehead atoms. The maximum absolute atomic E-state index is 12.5. The molecule has 0 spiro atoms. The van der Waals surface area contributed by atoms with Crippen LogP contribution in [0.15, 0.2) is 36.5 Å². The van der Waals surface area contributed by atoms with E-state index in [0.717, 1.165) is 15.4 Å². The van der Waals surface area contributed by atoms with Gasteiger partial charge in [-0.25, -0.2) is 4.98 Å². The maximum atomic E-state index is 12.5. The monoisotopic (exact) mass is 361 g/mol. The molecule has 2 aromatic rings. The van der Waals surface area contributed by atoms with Crippen LogP contribution in [-0.2, 0) is 11.3 Å². The fraction of sp³-hybridized carbons (Fsp3) is 0.333. The van der Waals surface area contributed by atoms with Gasteiger partial charge in [0.1, 0.15) is 0 Å². The molecule has 122 valence electrons. The van der Waals surface area contributed by atoms with Crippen LogP contribution in [0.5, 0.6) is 0 Å². The first-order valence-electron chi connectivity index (χ1n) is 6.53. The minimum Gasteiger partial charge on any atom is -0.340 e. The van der Waals surface area contributed by atoms with Crippen LogP contribution >= 0.6 is 36.2 Å². The number of amides is 1. The van der Waals surface area contributed by atoms with Gasteiger partial charge in [0.05, 0.1) is 17.5 Å². The van der Waals surface area contributed by atoms with Gasteiger partial charge in [0.25, 0.3) is 0 Å². The lowest BCUT2D eigenvalue weighted by atomic mass is 9.98. The first-order chi connectivity index (χ1) is 9.61. The molecule has 1 amide bonds. The average Bonchev–Trinajstić information content (AvgIpc) is 2.86. The first-order valence-corrected chi connectivity index (χ1v) is 7.34.